The van der Waals surface area contributed by atoms with Gasteiger partial charge in [-0.05, 0) is 11.6 Å². The summed E-state index contributed by atoms with van der Waals surface area (Å²) in [6.07, 6.45) is 0. The summed E-state index contributed by atoms with van der Waals surface area (Å²) < 4.78 is 0. The summed E-state index contributed by atoms with van der Waals surface area (Å²) in [6, 6.07) is 12.4. The molecular weight excluding hydrogens is 244 g/mol. The van der Waals surface area contributed by atoms with Gasteiger partial charge in [-0.1, -0.05) is 41.6 Å². The molecule has 1 aliphatic carbocycles. The second-order valence-corrected chi connectivity index (χ2v) is 4.16. The van der Waals surface area contributed by atoms with Crippen LogP contribution in [-0.4, -0.2) is 22.0 Å². The van der Waals surface area contributed by atoms with E-state index >= 15 is 0 Å². The molecule has 1 aliphatic rings. The van der Waals surface area contributed by atoms with Crippen molar-refractivity contribution in [1.82, 2.24) is 5.48 Å². The Morgan fingerprint density at radius 3 is 2.37 bits per heavy atom. The normalized spacial score (nSPS) is 14.1. The number of oxime groups is 1. The Labute approximate surface area is 108 Å². The quantitative estimate of drug-likeness (QED) is 0.353. The van der Waals surface area contributed by atoms with Crippen LogP contribution in [0.4, 0.5) is 0 Å². The Morgan fingerprint density at radius 1 is 1.00 bits per heavy atom. The Hall–Kier alpha value is -2.66. The first-order valence-corrected chi connectivity index (χ1v) is 5.67. The first-order chi connectivity index (χ1) is 9.27. The minimum absolute atomic E-state index is 0.339. The van der Waals surface area contributed by atoms with Crippen molar-refractivity contribution in [3.63, 3.8) is 0 Å². The molecule has 0 aromatic heterocycles. The lowest BCUT2D eigenvalue weighted by Crippen LogP contribution is -2.19. The van der Waals surface area contributed by atoms with Gasteiger partial charge in [-0.3, -0.25) is 10.0 Å². The van der Waals surface area contributed by atoms with Crippen LogP contribution >= 0.6 is 0 Å². The molecule has 19 heavy (non-hydrogen) atoms. The Balaban J connectivity index is 2.37. The molecule has 0 aliphatic heterocycles. The minimum atomic E-state index is -0.592. The van der Waals surface area contributed by atoms with Crippen LogP contribution in [0.2, 0.25) is 0 Å². The summed E-state index contributed by atoms with van der Waals surface area (Å²) in [5.74, 6) is -0.592. The number of hydrogen-bond acceptors (Lipinski definition) is 4. The molecule has 94 valence electrons. The smallest absolute Gasteiger partial charge is 0.275 e. The second kappa shape index (κ2) is 4.22. The van der Waals surface area contributed by atoms with Crippen LogP contribution in [0.5, 0.6) is 0 Å². The van der Waals surface area contributed by atoms with E-state index in [0.29, 0.717) is 22.4 Å². The van der Waals surface area contributed by atoms with Crippen molar-refractivity contribution in [1.29, 1.82) is 0 Å². The number of carbonyl (C=O) groups is 1. The molecule has 0 radical (unpaired) electrons. The third-order valence-corrected chi connectivity index (χ3v) is 3.22. The van der Waals surface area contributed by atoms with Crippen molar-refractivity contribution >= 4 is 11.6 Å². The Kier molecular flexibility index (Phi) is 2.54. The van der Waals surface area contributed by atoms with Crippen LogP contribution in [0.1, 0.15) is 21.5 Å². The highest BCUT2D eigenvalue weighted by molar-refractivity contribution is 6.26. The van der Waals surface area contributed by atoms with Crippen LogP contribution in [-0.2, 0) is 0 Å². The van der Waals surface area contributed by atoms with Gasteiger partial charge in [0.25, 0.3) is 5.91 Å². The number of hydroxylamine groups is 1. The number of nitrogens with zero attached hydrogens (tertiary/aromatic N) is 1. The molecule has 3 N–H and O–H groups in total. The van der Waals surface area contributed by atoms with E-state index in [1.54, 1.807) is 23.7 Å². The topological polar surface area (TPSA) is 81.9 Å². The highest BCUT2D eigenvalue weighted by atomic mass is 16.5. The van der Waals surface area contributed by atoms with Gasteiger partial charge < -0.3 is 5.21 Å². The first kappa shape index (κ1) is 11.4. The fourth-order valence-corrected chi connectivity index (χ4v) is 2.45. The molecule has 0 saturated heterocycles. The summed E-state index contributed by atoms with van der Waals surface area (Å²) in [6.45, 7) is 0. The molecular formula is C14H10N2O3. The van der Waals surface area contributed by atoms with Crippen molar-refractivity contribution in [2.24, 2.45) is 5.16 Å². The fraction of sp³-hybridized carbons (Fsp3) is 0. The molecule has 0 fully saturated rings. The van der Waals surface area contributed by atoms with E-state index in [2.05, 4.69) is 5.16 Å². The van der Waals surface area contributed by atoms with E-state index < -0.39 is 5.91 Å². The number of hydrogen-bond donors (Lipinski definition) is 3. The molecule has 0 atom stereocenters. The van der Waals surface area contributed by atoms with E-state index in [1.807, 2.05) is 24.3 Å². The standard InChI is InChI=1S/C14H10N2O3/c17-14(16-19)11-7-3-6-10-12(11)8-4-1-2-5-9(8)13(10)15-18/h1-7,18-19H,(H,16,17)/b15-13-. The number of nitrogens with one attached hydrogen (secondary N) is 1. The number of fused-ring (bicyclic) bond motifs is 3. The third kappa shape index (κ3) is 1.52. The van der Waals surface area contributed by atoms with Crippen molar-refractivity contribution in [2.75, 3.05) is 0 Å². The lowest BCUT2D eigenvalue weighted by molar-refractivity contribution is 0.0707. The van der Waals surface area contributed by atoms with E-state index in [1.165, 1.54) is 0 Å². The molecule has 0 heterocycles. The number of carbonyl (C=O) groups excluding carboxylic acids is 1. The van der Waals surface area contributed by atoms with E-state index in [9.17, 15) is 10.0 Å². The maximum absolute atomic E-state index is 11.7. The fourth-order valence-electron chi connectivity index (χ4n) is 2.45. The van der Waals surface area contributed by atoms with Crippen LogP contribution in [0.15, 0.2) is 47.6 Å². The molecule has 2 aromatic rings. The highest BCUT2D eigenvalue weighted by Crippen LogP contribution is 2.39. The average molecular weight is 254 g/mol. The van der Waals surface area contributed by atoms with Gasteiger partial charge in [0.2, 0.25) is 0 Å². The molecule has 2 aromatic carbocycles. The van der Waals surface area contributed by atoms with Crippen LogP contribution < -0.4 is 5.48 Å². The third-order valence-electron chi connectivity index (χ3n) is 3.22. The minimum Gasteiger partial charge on any atom is -0.410 e. The SMILES string of the molecule is O=C(NO)c1cccc2c1-c1ccccc1/C2=N/O. The van der Waals surface area contributed by atoms with Crippen LogP contribution in [0.25, 0.3) is 11.1 Å². The molecule has 0 saturated carbocycles. The monoisotopic (exact) mass is 254 g/mol. The summed E-state index contributed by atoms with van der Waals surface area (Å²) in [5, 5.41) is 21.3. The van der Waals surface area contributed by atoms with Gasteiger partial charge >= 0.3 is 0 Å². The Bertz CT molecular complexity index is 708. The predicted molar refractivity (Wildman–Crippen MR) is 68.6 cm³/mol. The highest BCUT2D eigenvalue weighted by Gasteiger charge is 2.28. The largest absolute Gasteiger partial charge is 0.410 e. The lowest BCUT2D eigenvalue weighted by Gasteiger charge is -2.06. The van der Waals surface area contributed by atoms with E-state index in [0.717, 1.165) is 11.1 Å². The van der Waals surface area contributed by atoms with E-state index in [4.69, 9.17) is 5.21 Å². The van der Waals surface area contributed by atoms with Gasteiger partial charge in [-0.15, -0.1) is 0 Å². The zero-order valence-corrected chi connectivity index (χ0v) is 9.79. The molecule has 5 heteroatoms. The van der Waals surface area contributed by atoms with Gasteiger partial charge in [0.1, 0.15) is 5.71 Å². The summed E-state index contributed by atoms with van der Waals surface area (Å²) in [5.41, 5.74) is 5.31. The number of amides is 1. The van der Waals surface area contributed by atoms with Crippen molar-refractivity contribution in [2.45, 2.75) is 0 Å². The molecule has 1 amide bonds. The van der Waals surface area contributed by atoms with Crippen molar-refractivity contribution in [3.05, 3.63) is 59.2 Å². The van der Waals surface area contributed by atoms with E-state index in [-0.39, 0.29) is 0 Å². The second-order valence-electron chi connectivity index (χ2n) is 4.16. The maximum atomic E-state index is 11.7. The average Bonchev–Trinajstić information content (AvgIpc) is 2.80. The summed E-state index contributed by atoms with van der Waals surface area (Å²) in [4.78, 5) is 11.7. The van der Waals surface area contributed by atoms with Gasteiger partial charge in [0.05, 0.1) is 5.56 Å². The summed E-state index contributed by atoms with van der Waals surface area (Å²) >= 11 is 0. The first-order valence-electron chi connectivity index (χ1n) is 5.67. The zero-order chi connectivity index (χ0) is 13.4. The molecule has 0 bridgehead atoms. The molecule has 3 rings (SSSR count). The number of rotatable bonds is 1. The number of benzene rings is 2. The predicted octanol–water partition coefficient (Wildman–Crippen LogP) is 2.01. The van der Waals surface area contributed by atoms with Gasteiger partial charge in [0, 0.05) is 16.7 Å². The molecule has 0 unspecified atom stereocenters. The maximum Gasteiger partial charge on any atom is 0.275 e. The molecule has 5 nitrogen and oxygen atoms in total. The van der Waals surface area contributed by atoms with Crippen LogP contribution in [0.3, 0.4) is 0 Å². The molecule has 0 spiro atoms. The Morgan fingerprint density at radius 2 is 1.68 bits per heavy atom. The van der Waals surface area contributed by atoms with Gasteiger partial charge in [-0.25, -0.2) is 5.48 Å². The van der Waals surface area contributed by atoms with Crippen LogP contribution in [0, 0.1) is 0 Å². The zero-order valence-electron chi connectivity index (χ0n) is 9.79. The lowest BCUT2D eigenvalue weighted by atomic mass is 9.99. The van der Waals surface area contributed by atoms with Crippen molar-refractivity contribution in [3.8, 4) is 11.1 Å². The van der Waals surface area contributed by atoms with Gasteiger partial charge in [0.15, 0.2) is 0 Å². The summed E-state index contributed by atoms with van der Waals surface area (Å²) in [7, 11) is 0. The van der Waals surface area contributed by atoms with Crippen molar-refractivity contribution < 1.29 is 15.2 Å². The van der Waals surface area contributed by atoms with Gasteiger partial charge in [-0.2, -0.15) is 0 Å².